The predicted octanol–water partition coefficient (Wildman–Crippen LogP) is 3.14. The second-order valence-corrected chi connectivity index (χ2v) is 5.84. The summed E-state index contributed by atoms with van der Waals surface area (Å²) in [7, 11) is 0. The van der Waals surface area contributed by atoms with Crippen molar-refractivity contribution in [3.63, 3.8) is 0 Å². The number of oxime groups is 1. The van der Waals surface area contributed by atoms with Crippen LogP contribution in [0.1, 0.15) is 29.6 Å². The van der Waals surface area contributed by atoms with Crippen molar-refractivity contribution in [1.82, 2.24) is 0 Å². The van der Waals surface area contributed by atoms with Gasteiger partial charge in [0.25, 0.3) is 5.69 Å². The van der Waals surface area contributed by atoms with Crippen molar-refractivity contribution in [1.29, 1.82) is 0 Å². The number of nitro benzene ring substituents is 1. The zero-order chi connectivity index (χ0) is 15.0. The lowest BCUT2D eigenvalue weighted by atomic mass is 9.98. The van der Waals surface area contributed by atoms with E-state index in [1.165, 1.54) is 24.3 Å². The number of hydrogen-bond acceptors (Lipinski definition) is 5. The fourth-order valence-corrected chi connectivity index (χ4v) is 3.46. The molecule has 2 aliphatic carbocycles. The fourth-order valence-electron chi connectivity index (χ4n) is 3.01. The van der Waals surface area contributed by atoms with E-state index in [1.54, 1.807) is 0 Å². The van der Waals surface area contributed by atoms with Gasteiger partial charge in [-0.05, 0) is 37.3 Å². The van der Waals surface area contributed by atoms with Crippen molar-refractivity contribution in [2.24, 2.45) is 17.0 Å². The molecule has 3 unspecified atom stereocenters. The van der Waals surface area contributed by atoms with E-state index in [4.69, 9.17) is 16.4 Å². The molecule has 0 saturated heterocycles. The molecule has 0 radical (unpaired) electrons. The summed E-state index contributed by atoms with van der Waals surface area (Å²) in [6.07, 6.45) is 3.16. The number of carbonyl (C=O) groups is 1. The van der Waals surface area contributed by atoms with E-state index in [1.807, 2.05) is 0 Å². The molecule has 2 fully saturated rings. The molecule has 7 heteroatoms. The van der Waals surface area contributed by atoms with E-state index in [-0.39, 0.29) is 16.6 Å². The number of hydrogen-bond donors (Lipinski definition) is 0. The van der Waals surface area contributed by atoms with Crippen molar-refractivity contribution >= 4 is 29.0 Å². The van der Waals surface area contributed by atoms with Gasteiger partial charge in [0, 0.05) is 18.1 Å². The number of nitrogens with zero attached hydrogens (tertiary/aromatic N) is 2. The number of fused-ring (bicyclic) bond motifs is 2. The molecule has 1 aromatic rings. The third kappa shape index (κ3) is 2.63. The van der Waals surface area contributed by atoms with Crippen molar-refractivity contribution in [2.75, 3.05) is 0 Å². The molecule has 2 bridgehead atoms. The highest BCUT2D eigenvalue weighted by atomic mass is 35.5. The quantitative estimate of drug-likeness (QED) is 0.372. The van der Waals surface area contributed by atoms with E-state index < -0.39 is 10.9 Å². The molecule has 6 nitrogen and oxygen atoms in total. The first-order valence-corrected chi connectivity index (χ1v) is 7.17. The first kappa shape index (κ1) is 14.0. The minimum absolute atomic E-state index is 0.0770. The Kier molecular flexibility index (Phi) is 3.63. The van der Waals surface area contributed by atoms with Crippen molar-refractivity contribution in [3.05, 3.63) is 39.9 Å². The van der Waals surface area contributed by atoms with Crippen LogP contribution in [0.4, 0.5) is 5.69 Å². The number of non-ortho nitro benzene ring substituents is 1. The fraction of sp³-hybridized carbons (Fsp3) is 0.429. The number of carbonyl (C=O) groups excluding carboxylic acids is 1. The van der Waals surface area contributed by atoms with Gasteiger partial charge < -0.3 is 4.84 Å². The van der Waals surface area contributed by atoms with Gasteiger partial charge in [0.15, 0.2) is 0 Å². The van der Waals surface area contributed by atoms with Crippen LogP contribution in [0.5, 0.6) is 0 Å². The summed E-state index contributed by atoms with van der Waals surface area (Å²) in [5.41, 5.74) is 0.897. The second-order valence-electron chi connectivity index (χ2n) is 5.37. The minimum atomic E-state index is -0.635. The Balaban J connectivity index is 1.68. The zero-order valence-electron chi connectivity index (χ0n) is 11.1. The van der Waals surface area contributed by atoms with E-state index in [9.17, 15) is 14.9 Å². The van der Waals surface area contributed by atoms with Crippen molar-refractivity contribution in [3.8, 4) is 0 Å². The minimum Gasteiger partial charge on any atom is -0.313 e. The molecule has 0 heterocycles. The molecule has 0 spiro atoms. The third-order valence-corrected chi connectivity index (χ3v) is 4.72. The maximum absolute atomic E-state index is 11.9. The molecule has 1 aromatic carbocycles. The molecular weight excluding hydrogens is 296 g/mol. The Morgan fingerprint density at radius 3 is 2.62 bits per heavy atom. The number of halogens is 1. The molecule has 0 aliphatic heterocycles. The Bertz CT molecular complexity index is 610. The Morgan fingerprint density at radius 2 is 2.05 bits per heavy atom. The maximum Gasteiger partial charge on any atom is 0.365 e. The van der Waals surface area contributed by atoms with Crippen LogP contribution in [-0.2, 0) is 4.84 Å². The number of nitro groups is 1. The molecule has 0 aromatic heterocycles. The summed E-state index contributed by atoms with van der Waals surface area (Å²) in [6.45, 7) is 0. The smallest absolute Gasteiger partial charge is 0.313 e. The SMILES string of the molecule is O=C(O/N=C1\C2CCC(C2)C1Cl)c1ccc([N+](=O)[O-])cc1. The van der Waals surface area contributed by atoms with Gasteiger partial charge in [-0.3, -0.25) is 10.1 Å². The number of rotatable bonds is 3. The van der Waals surface area contributed by atoms with Crippen LogP contribution in [0, 0.1) is 22.0 Å². The molecule has 21 heavy (non-hydrogen) atoms. The van der Waals surface area contributed by atoms with E-state index in [0.717, 1.165) is 25.0 Å². The maximum atomic E-state index is 11.9. The van der Waals surface area contributed by atoms with Crippen LogP contribution in [0.15, 0.2) is 29.4 Å². The molecule has 2 saturated carbocycles. The van der Waals surface area contributed by atoms with Crippen LogP contribution in [0.2, 0.25) is 0 Å². The van der Waals surface area contributed by atoms with Crippen LogP contribution in [0.25, 0.3) is 0 Å². The number of benzene rings is 1. The van der Waals surface area contributed by atoms with Crippen LogP contribution in [0.3, 0.4) is 0 Å². The van der Waals surface area contributed by atoms with Gasteiger partial charge in [0.2, 0.25) is 0 Å². The van der Waals surface area contributed by atoms with Crippen molar-refractivity contribution in [2.45, 2.75) is 24.6 Å². The molecular formula is C14H13ClN2O4. The normalized spacial score (nSPS) is 28.8. The van der Waals surface area contributed by atoms with Crippen molar-refractivity contribution < 1.29 is 14.6 Å². The molecule has 3 atom stereocenters. The molecule has 0 N–H and O–H groups in total. The Morgan fingerprint density at radius 1 is 1.33 bits per heavy atom. The first-order valence-electron chi connectivity index (χ1n) is 6.74. The largest absolute Gasteiger partial charge is 0.365 e. The molecule has 110 valence electrons. The van der Waals surface area contributed by atoms with Crippen LogP contribution >= 0.6 is 11.6 Å². The highest BCUT2D eigenvalue weighted by Gasteiger charge is 2.44. The summed E-state index contributed by atoms with van der Waals surface area (Å²) in [6, 6.07) is 5.20. The summed E-state index contributed by atoms with van der Waals surface area (Å²) in [4.78, 5) is 26.8. The highest BCUT2D eigenvalue weighted by molar-refractivity contribution is 6.33. The average molecular weight is 309 g/mol. The van der Waals surface area contributed by atoms with E-state index >= 15 is 0 Å². The topological polar surface area (TPSA) is 81.8 Å². The Labute approximate surface area is 125 Å². The molecule has 2 aliphatic rings. The summed E-state index contributed by atoms with van der Waals surface area (Å²) < 4.78 is 0. The molecule has 3 rings (SSSR count). The van der Waals surface area contributed by atoms with E-state index in [0.29, 0.717) is 11.8 Å². The van der Waals surface area contributed by atoms with Gasteiger partial charge in [-0.25, -0.2) is 4.79 Å². The predicted molar refractivity (Wildman–Crippen MR) is 76.4 cm³/mol. The first-order chi connectivity index (χ1) is 10.1. The lowest BCUT2D eigenvalue weighted by molar-refractivity contribution is -0.384. The van der Waals surface area contributed by atoms with Gasteiger partial charge in [-0.2, -0.15) is 0 Å². The lowest BCUT2D eigenvalue weighted by Crippen LogP contribution is -2.23. The monoisotopic (exact) mass is 308 g/mol. The lowest BCUT2D eigenvalue weighted by Gasteiger charge is -2.16. The van der Waals surface area contributed by atoms with Crippen LogP contribution < -0.4 is 0 Å². The summed E-state index contributed by atoms with van der Waals surface area (Å²) in [5.74, 6) is 0.125. The number of alkyl halides is 1. The highest BCUT2D eigenvalue weighted by Crippen LogP contribution is 2.45. The van der Waals surface area contributed by atoms with Gasteiger partial charge >= 0.3 is 5.97 Å². The van der Waals surface area contributed by atoms with Gasteiger partial charge in [0.05, 0.1) is 21.6 Å². The van der Waals surface area contributed by atoms with Gasteiger partial charge in [0.1, 0.15) is 0 Å². The van der Waals surface area contributed by atoms with Gasteiger partial charge in [-0.1, -0.05) is 5.16 Å². The Hall–Kier alpha value is -1.95. The third-order valence-electron chi connectivity index (χ3n) is 4.14. The summed E-state index contributed by atoms with van der Waals surface area (Å²) in [5, 5.41) is 14.3. The van der Waals surface area contributed by atoms with E-state index in [2.05, 4.69) is 5.16 Å². The molecule has 0 amide bonds. The zero-order valence-corrected chi connectivity index (χ0v) is 11.8. The van der Waals surface area contributed by atoms with Crippen LogP contribution in [-0.4, -0.2) is 22.0 Å². The average Bonchev–Trinajstić information content (AvgIpc) is 3.06. The standard InChI is InChI=1S/C14H13ClN2O4/c15-12-9-1-2-10(7-9)13(12)16-21-14(18)8-3-5-11(6-4-8)17(19)20/h3-6,9-10,12H,1-2,7H2/b16-13+. The second kappa shape index (κ2) is 5.44. The summed E-state index contributed by atoms with van der Waals surface area (Å²) >= 11 is 6.26. The van der Waals surface area contributed by atoms with Gasteiger partial charge in [-0.15, -0.1) is 11.6 Å².